The van der Waals surface area contributed by atoms with Crippen molar-refractivity contribution in [2.75, 3.05) is 13.6 Å². The van der Waals surface area contributed by atoms with Crippen LogP contribution in [0.5, 0.6) is 0 Å². The second-order valence-corrected chi connectivity index (χ2v) is 7.46. The summed E-state index contributed by atoms with van der Waals surface area (Å²) in [5, 5.41) is 10.1. The van der Waals surface area contributed by atoms with Crippen molar-refractivity contribution >= 4 is 21.9 Å². The van der Waals surface area contributed by atoms with E-state index in [4.69, 9.17) is 11.1 Å². The second-order valence-electron chi connectivity index (χ2n) is 5.30. The molecule has 1 fully saturated rings. The molecule has 9 heteroatoms. The molecule has 0 spiro atoms. The first kappa shape index (κ1) is 17.4. The van der Waals surface area contributed by atoms with E-state index in [2.05, 4.69) is 10.0 Å². The highest BCUT2D eigenvalue weighted by molar-refractivity contribution is 7.90. The Balaban J connectivity index is 2.12. The van der Waals surface area contributed by atoms with E-state index >= 15 is 0 Å². The maximum atomic E-state index is 12.6. The standard InChI is InChI=1S/C14H21N5O3S/c1-17-23(21,22)11-7-8-12(18-9-11)19(14(15)16)13(20)10-5-3-2-4-6-10/h2-6,11-12,17-18H,7-9H2,1H3,(H3,15,16). The first-order chi connectivity index (χ1) is 10.9. The van der Waals surface area contributed by atoms with Gasteiger partial charge in [0.1, 0.15) is 0 Å². The van der Waals surface area contributed by atoms with Gasteiger partial charge in [-0.05, 0) is 32.0 Å². The third-order valence-electron chi connectivity index (χ3n) is 3.88. The van der Waals surface area contributed by atoms with Crippen LogP contribution in [-0.2, 0) is 10.0 Å². The Morgan fingerprint density at radius 1 is 1.35 bits per heavy atom. The highest BCUT2D eigenvalue weighted by atomic mass is 32.2. The van der Waals surface area contributed by atoms with Crippen molar-refractivity contribution < 1.29 is 13.2 Å². The van der Waals surface area contributed by atoms with E-state index in [1.807, 2.05) is 0 Å². The van der Waals surface area contributed by atoms with Gasteiger partial charge in [-0.15, -0.1) is 0 Å². The van der Waals surface area contributed by atoms with Crippen LogP contribution in [0, 0.1) is 5.41 Å². The van der Waals surface area contributed by atoms with Crippen LogP contribution in [0.3, 0.4) is 0 Å². The summed E-state index contributed by atoms with van der Waals surface area (Å²) in [6.45, 7) is 0.194. The minimum absolute atomic E-state index is 0.194. The SMILES string of the molecule is CNS(=O)(=O)C1CCC(N(C(=N)N)C(=O)c2ccccc2)NC1. The molecule has 1 aromatic carbocycles. The summed E-state index contributed by atoms with van der Waals surface area (Å²) >= 11 is 0. The molecule has 1 heterocycles. The van der Waals surface area contributed by atoms with Gasteiger partial charge in [0, 0.05) is 12.1 Å². The van der Waals surface area contributed by atoms with E-state index in [1.54, 1.807) is 30.3 Å². The highest BCUT2D eigenvalue weighted by Gasteiger charge is 2.35. The van der Waals surface area contributed by atoms with E-state index in [9.17, 15) is 13.2 Å². The van der Waals surface area contributed by atoms with Gasteiger partial charge in [0.25, 0.3) is 5.91 Å². The molecule has 2 rings (SSSR count). The molecule has 2 unspecified atom stereocenters. The number of nitrogens with zero attached hydrogens (tertiary/aromatic N) is 1. The van der Waals surface area contributed by atoms with E-state index in [-0.39, 0.29) is 18.4 Å². The summed E-state index contributed by atoms with van der Waals surface area (Å²) in [6.07, 6.45) is 0.277. The second kappa shape index (κ2) is 7.07. The van der Waals surface area contributed by atoms with Gasteiger partial charge < -0.3 is 5.73 Å². The maximum absolute atomic E-state index is 12.6. The predicted octanol–water partition coefficient (Wildman–Crippen LogP) is -0.350. The van der Waals surface area contributed by atoms with Crippen molar-refractivity contribution in [3.63, 3.8) is 0 Å². The van der Waals surface area contributed by atoms with Crippen molar-refractivity contribution in [1.82, 2.24) is 14.9 Å². The molecular formula is C14H21N5O3S. The average molecular weight is 339 g/mol. The number of piperidine rings is 1. The predicted molar refractivity (Wildman–Crippen MR) is 87.3 cm³/mol. The molecule has 0 bridgehead atoms. The minimum Gasteiger partial charge on any atom is -0.370 e. The first-order valence-corrected chi connectivity index (χ1v) is 8.80. The Kier molecular flexibility index (Phi) is 5.34. The number of hydrogen-bond donors (Lipinski definition) is 4. The Bertz CT molecular complexity index is 669. The zero-order valence-corrected chi connectivity index (χ0v) is 13.6. The fourth-order valence-electron chi connectivity index (χ4n) is 2.61. The number of sulfonamides is 1. The zero-order chi connectivity index (χ0) is 17.0. The summed E-state index contributed by atoms with van der Waals surface area (Å²) < 4.78 is 26.0. The van der Waals surface area contributed by atoms with Gasteiger partial charge in [-0.2, -0.15) is 0 Å². The Morgan fingerprint density at radius 2 is 2.00 bits per heavy atom. The van der Waals surface area contributed by atoms with Crippen LogP contribution in [-0.4, -0.2) is 50.2 Å². The molecule has 1 saturated heterocycles. The molecule has 1 amide bonds. The minimum atomic E-state index is -3.36. The van der Waals surface area contributed by atoms with Crippen molar-refractivity contribution in [3.8, 4) is 0 Å². The summed E-state index contributed by atoms with van der Waals surface area (Å²) in [5.41, 5.74) is 6.00. The molecule has 23 heavy (non-hydrogen) atoms. The number of amides is 1. The maximum Gasteiger partial charge on any atom is 0.261 e. The normalized spacial score (nSPS) is 21.6. The highest BCUT2D eigenvalue weighted by Crippen LogP contribution is 2.18. The van der Waals surface area contributed by atoms with Crippen molar-refractivity contribution in [3.05, 3.63) is 35.9 Å². The van der Waals surface area contributed by atoms with Gasteiger partial charge in [-0.25, -0.2) is 13.1 Å². The molecular weight excluding hydrogens is 318 g/mol. The number of nitrogens with one attached hydrogen (secondary N) is 3. The molecule has 0 aromatic heterocycles. The summed E-state index contributed by atoms with van der Waals surface area (Å²) in [6, 6.07) is 8.55. The molecule has 1 aromatic rings. The van der Waals surface area contributed by atoms with Gasteiger partial charge in [0.2, 0.25) is 10.0 Å². The fraction of sp³-hybridized carbons (Fsp3) is 0.429. The molecule has 8 nitrogen and oxygen atoms in total. The van der Waals surface area contributed by atoms with Crippen molar-refractivity contribution in [1.29, 1.82) is 5.41 Å². The van der Waals surface area contributed by atoms with Crippen LogP contribution in [0.25, 0.3) is 0 Å². The number of rotatable bonds is 4. The number of benzene rings is 1. The van der Waals surface area contributed by atoms with Crippen molar-refractivity contribution in [2.24, 2.45) is 5.73 Å². The Morgan fingerprint density at radius 3 is 2.48 bits per heavy atom. The van der Waals surface area contributed by atoms with Crippen molar-refractivity contribution in [2.45, 2.75) is 24.3 Å². The summed E-state index contributed by atoms with van der Waals surface area (Å²) in [5.74, 6) is -0.753. The van der Waals surface area contributed by atoms with Crippen LogP contribution >= 0.6 is 0 Å². The third-order valence-corrected chi connectivity index (χ3v) is 5.73. The molecule has 2 atom stereocenters. The first-order valence-electron chi connectivity index (χ1n) is 7.25. The number of carbonyl (C=O) groups excluding carboxylic acids is 1. The van der Waals surface area contributed by atoms with Crippen LogP contribution in [0.2, 0.25) is 0 Å². The van der Waals surface area contributed by atoms with Crippen LogP contribution < -0.4 is 15.8 Å². The zero-order valence-electron chi connectivity index (χ0n) is 12.8. The van der Waals surface area contributed by atoms with Gasteiger partial charge >= 0.3 is 0 Å². The summed E-state index contributed by atoms with van der Waals surface area (Å²) in [7, 11) is -1.99. The third kappa shape index (κ3) is 3.87. The molecule has 0 aliphatic carbocycles. The lowest BCUT2D eigenvalue weighted by atomic mass is 10.1. The number of hydrogen-bond acceptors (Lipinski definition) is 5. The lowest BCUT2D eigenvalue weighted by Crippen LogP contribution is -2.59. The lowest BCUT2D eigenvalue weighted by molar-refractivity contribution is 0.0755. The topological polar surface area (TPSA) is 128 Å². The van der Waals surface area contributed by atoms with Gasteiger partial charge in [0.15, 0.2) is 5.96 Å². The lowest BCUT2D eigenvalue weighted by Gasteiger charge is -2.36. The number of nitrogens with two attached hydrogens (primary N) is 1. The number of carbonyl (C=O) groups is 1. The average Bonchev–Trinajstić information content (AvgIpc) is 2.56. The molecule has 0 saturated carbocycles. The smallest absolute Gasteiger partial charge is 0.261 e. The molecule has 1 aliphatic heterocycles. The molecule has 5 N–H and O–H groups in total. The Labute approximate surface area is 135 Å². The molecule has 1 aliphatic rings. The van der Waals surface area contributed by atoms with E-state index < -0.39 is 21.4 Å². The van der Waals surface area contributed by atoms with E-state index in [1.165, 1.54) is 7.05 Å². The molecule has 0 radical (unpaired) electrons. The Hall–Kier alpha value is -1.97. The van der Waals surface area contributed by atoms with Gasteiger partial charge in [-0.1, -0.05) is 18.2 Å². The monoisotopic (exact) mass is 339 g/mol. The quantitative estimate of drug-likeness (QED) is 0.440. The van der Waals surface area contributed by atoms with Crippen LogP contribution in [0.15, 0.2) is 30.3 Å². The summed E-state index contributed by atoms with van der Waals surface area (Å²) in [4.78, 5) is 13.7. The fourth-order valence-corrected chi connectivity index (χ4v) is 3.70. The van der Waals surface area contributed by atoms with E-state index in [0.717, 1.165) is 4.90 Å². The molecule has 126 valence electrons. The van der Waals surface area contributed by atoms with Crippen LogP contribution in [0.1, 0.15) is 23.2 Å². The largest absolute Gasteiger partial charge is 0.370 e. The van der Waals surface area contributed by atoms with Gasteiger partial charge in [0.05, 0.1) is 11.4 Å². The van der Waals surface area contributed by atoms with E-state index in [0.29, 0.717) is 18.4 Å². The number of guanidine groups is 1. The van der Waals surface area contributed by atoms with Gasteiger partial charge in [-0.3, -0.25) is 20.4 Å². The van der Waals surface area contributed by atoms with Crippen LogP contribution in [0.4, 0.5) is 0 Å².